The van der Waals surface area contributed by atoms with Crippen molar-refractivity contribution in [2.45, 2.75) is 31.2 Å². The first-order valence-electron chi connectivity index (χ1n) is 6.21. The molecular formula is C12H20N4O3S. The van der Waals surface area contributed by atoms with Crippen LogP contribution in [-0.2, 0) is 14.8 Å². The van der Waals surface area contributed by atoms with E-state index in [1.165, 1.54) is 18.2 Å². The number of hydrogen-bond donors (Lipinski definition) is 4. The number of nitrogen functional groups attached to an aromatic ring is 1. The molecule has 1 amide bonds. The van der Waals surface area contributed by atoms with Gasteiger partial charge in [-0.05, 0) is 31.5 Å². The molecule has 0 heterocycles. The highest BCUT2D eigenvalue weighted by atomic mass is 32.2. The average molecular weight is 300 g/mol. The maximum absolute atomic E-state index is 11.7. The highest BCUT2D eigenvalue weighted by Crippen LogP contribution is 2.20. The maximum atomic E-state index is 11.7. The predicted molar refractivity (Wildman–Crippen MR) is 78.6 cm³/mol. The van der Waals surface area contributed by atoms with Gasteiger partial charge < -0.3 is 16.4 Å². The van der Waals surface area contributed by atoms with E-state index in [2.05, 4.69) is 10.6 Å². The van der Waals surface area contributed by atoms with Crippen molar-refractivity contribution in [2.24, 2.45) is 5.14 Å². The molecule has 0 saturated heterocycles. The van der Waals surface area contributed by atoms with Gasteiger partial charge in [0.1, 0.15) is 6.04 Å². The highest BCUT2D eigenvalue weighted by Gasteiger charge is 2.14. The zero-order chi connectivity index (χ0) is 15.3. The predicted octanol–water partition coefficient (Wildman–Crippen LogP) is 0.243. The molecule has 0 fully saturated rings. The van der Waals surface area contributed by atoms with E-state index in [4.69, 9.17) is 10.9 Å². The Morgan fingerprint density at radius 2 is 2.00 bits per heavy atom. The Hall–Kier alpha value is -1.80. The zero-order valence-corrected chi connectivity index (χ0v) is 12.3. The van der Waals surface area contributed by atoms with Gasteiger partial charge in [-0.25, -0.2) is 13.6 Å². The van der Waals surface area contributed by atoms with E-state index >= 15 is 0 Å². The molecule has 112 valence electrons. The molecule has 7 nitrogen and oxygen atoms in total. The molecule has 0 spiro atoms. The fraction of sp³-hybridized carbons (Fsp3) is 0.417. The van der Waals surface area contributed by atoms with E-state index in [1.54, 1.807) is 6.92 Å². The van der Waals surface area contributed by atoms with Crippen LogP contribution in [0.5, 0.6) is 0 Å². The van der Waals surface area contributed by atoms with Crippen LogP contribution in [0, 0.1) is 0 Å². The summed E-state index contributed by atoms with van der Waals surface area (Å²) in [5.41, 5.74) is 6.30. The van der Waals surface area contributed by atoms with Gasteiger partial charge in [-0.2, -0.15) is 0 Å². The third-order valence-corrected chi connectivity index (χ3v) is 3.48. The summed E-state index contributed by atoms with van der Waals surface area (Å²) in [6.45, 7) is 4.21. The minimum Gasteiger partial charge on any atom is -0.399 e. The fourth-order valence-electron chi connectivity index (χ4n) is 1.59. The SMILES string of the molecule is CCCNC(=O)C(C)Nc1cc(N)cc(S(N)(=O)=O)c1. The molecule has 0 aromatic heterocycles. The van der Waals surface area contributed by atoms with Crippen molar-refractivity contribution >= 4 is 27.3 Å². The van der Waals surface area contributed by atoms with Gasteiger partial charge >= 0.3 is 0 Å². The second-order valence-corrected chi connectivity index (χ2v) is 6.05. The van der Waals surface area contributed by atoms with E-state index in [9.17, 15) is 13.2 Å². The van der Waals surface area contributed by atoms with Crippen molar-refractivity contribution in [2.75, 3.05) is 17.6 Å². The minimum absolute atomic E-state index is 0.0961. The van der Waals surface area contributed by atoms with Crippen molar-refractivity contribution in [3.8, 4) is 0 Å². The fourth-order valence-corrected chi connectivity index (χ4v) is 2.18. The molecule has 1 unspecified atom stereocenters. The van der Waals surface area contributed by atoms with Crippen LogP contribution in [-0.4, -0.2) is 26.9 Å². The number of carbonyl (C=O) groups excluding carboxylic acids is 1. The highest BCUT2D eigenvalue weighted by molar-refractivity contribution is 7.89. The lowest BCUT2D eigenvalue weighted by Crippen LogP contribution is -2.37. The standard InChI is InChI=1S/C12H20N4O3S/c1-3-4-15-12(17)8(2)16-10-5-9(13)6-11(7-10)20(14,18)19/h5-8,16H,3-4,13H2,1-2H3,(H,15,17)(H2,14,18,19). The van der Waals surface area contributed by atoms with E-state index in [-0.39, 0.29) is 16.5 Å². The van der Waals surface area contributed by atoms with Crippen LogP contribution in [0.25, 0.3) is 0 Å². The number of rotatable bonds is 6. The Morgan fingerprint density at radius 1 is 1.35 bits per heavy atom. The normalized spacial score (nSPS) is 12.8. The maximum Gasteiger partial charge on any atom is 0.242 e. The molecule has 1 aromatic rings. The summed E-state index contributed by atoms with van der Waals surface area (Å²) < 4.78 is 22.6. The number of sulfonamides is 1. The second kappa shape index (κ2) is 6.58. The topological polar surface area (TPSA) is 127 Å². The first-order chi connectivity index (χ1) is 9.24. The third kappa shape index (κ3) is 4.71. The molecule has 20 heavy (non-hydrogen) atoms. The molecule has 0 aliphatic rings. The van der Waals surface area contributed by atoms with Crippen molar-refractivity contribution in [1.82, 2.24) is 5.32 Å². The Balaban J connectivity index is 2.87. The van der Waals surface area contributed by atoms with Crippen molar-refractivity contribution in [3.63, 3.8) is 0 Å². The summed E-state index contributed by atoms with van der Waals surface area (Å²) in [5, 5.41) is 10.7. The van der Waals surface area contributed by atoms with Gasteiger partial charge in [-0.3, -0.25) is 4.79 Å². The lowest BCUT2D eigenvalue weighted by Gasteiger charge is -2.16. The lowest BCUT2D eigenvalue weighted by molar-refractivity contribution is -0.121. The van der Waals surface area contributed by atoms with Crippen LogP contribution in [0.2, 0.25) is 0 Å². The minimum atomic E-state index is -3.84. The number of nitrogens with two attached hydrogens (primary N) is 2. The first-order valence-corrected chi connectivity index (χ1v) is 7.76. The third-order valence-electron chi connectivity index (χ3n) is 2.58. The number of amides is 1. The summed E-state index contributed by atoms with van der Waals surface area (Å²) in [7, 11) is -3.84. The van der Waals surface area contributed by atoms with Crippen LogP contribution >= 0.6 is 0 Å². The van der Waals surface area contributed by atoms with E-state index in [1.807, 2.05) is 6.92 Å². The summed E-state index contributed by atoms with van der Waals surface area (Å²) in [4.78, 5) is 11.6. The van der Waals surface area contributed by atoms with Gasteiger partial charge in [0.25, 0.3) is 0 Å². The Bertz CT molecular complexity index is 586. The van der Waals surface area contributed by atoms with Gasteiger partial charge in [0.15, 0.2) is 0 Å². The van der Waals surface area contributed by atoms with Gasteiger partial charge in [0.05, 0.1) is 4.90 Å². The zero-order valence-electron chi connectivity index (χ0n) is 11.5. The first kappa shape index (κ1) is 16.3. The second-order valence-electron chi connectivity index (χ2n) is 4.49. The summed E-state index contributed by atoms with van der Waals surface area (Å²) in [6, 6.07) is 3.63. The number of hydrogen-bond acceptors (Lipinski definition) is 5. The lowest BCUT2D eigenvalue weighted by atomic mass is 10.2. The van der Waals surface area contributed by atoms with Crippen molar-refractivity contribution < 1.29 is 13.2 Å². The quantitative estimate of drug-likeness (QED) is 0.560. The Morgan fingerprint density at radius 3 is 2.55 bits per heavy atom. The average Bonchev–Trinajstić information content (AvgIpc) is 2.34. The van der Waals surface area contributed by atoms with Crippen LogP contribution < -0.4 is 21.5 Å². The van der Waals surface area contributed by atoms with Crippen molar-refractivity contribution in [3.05, 3.63) is 18.2 Å². The Kier molecular flexibility index (Phi) is 5.34. The van der Waals surface area contributed by atoms with Crippen LogP contribution in [0.3, 0.4) is 0 Å². The van der Waals surface area contributed by atoms with Crippen LogP contribution in [0.4, 0.5) is 11.4 Å². The molecule has 8 heteroatoms. The van der Waals surface area contributed by atoms with Crippen LogP contribution in [0.1, 0.15) is 20.3 Å². The molecule has 6 N–H and O–H groups in total. The molecule has 1 atom stereocenters. The molecule has 0 aliphatic carbocycles. The molecule has 1 rings (SSSR count). The molecule has 0 aliphatic heterocycles. The Labute approximate surface area is 118 Å². The van der Waals surface area contributed by atoms with Gasteiger partial charge in [0.2, 0.25) is 15.9 Å². The van der Waals surface area contributed by atoms with Gasteiger partial charge in [0, 0.05) is 17.9 Å². The number of primary sulfonamides is 1. The van der Waals surface area contributed by atoms with Crippen molar-refractivity contribution in [1.29, 1.82) is 0 Å². The summed E-state index contributed by atoms with van der Waals surface area (Å²) >= 11 is 0. The number of carbonyl (C=O) groups is 1. The van der Waals surface area contributed by atoms with E-state index < -0.39 is 16.1 Å². The molecule has 1 aromatic carbocycles. The molecule has 0 saturated carbocycles. The molecule has 0 radical (unpaired) electrons. The van der Waals surface area contributed by atoms with Gasteiger partial charge in [-0.1, -0.05) is 6.92 Å². The number of benzene rings is 1. The van der Waals surface area contributed by atoms with E-state index in [0.29, 0.717) is 12.2 Å². The van der Waals surface area contributed by atoms with Gasteiger partial charge in [-0.15, -0.1) is 0 Å². The smallest absolute Gasteiger partial charge is 0.242 e. The van der Waals surface area contributed by atoms with E-state index in [0.717, 1.165) is 6.42 Å². The molecular weight excluding hydrogens is 280 g/mol. The number of nitrogens with one attached hydrogen (secondary N) is 2. The number of anilines is 2. The summed E-state index contributed by atoms with van der Waals surface area (Å²) in [6.07, 6.45) is 0.840. The summed E-state index contributed by atoms with van der Waals surface area (Å²) in [5.74, 6) is -0.175. The van der Waals surface area contributed by atoms with Crippen LogP contribution in [0.15, 0.2) is 23.1 Å². The molecule has 0 bridgehead atoms. The largest absolute Gasteiger partial charge is 0.399 e. The monoisotopic (exact) mass is 300 g/mol.